The number of carboxylic acids is 1. The van der Waals surface area contributed by atoms with Gasteiger partial charge < -0.3 is 30.3 Å². The standard InChI is InChI=1S/C46H74NO11P/c1-3-5-7-9-11-12-13-14-15-16-17-18-19-20-24-28-32-36-44(49)55-38-42(39-56-59(53,54)57-40-43(47)46(51)52)58-45(50)37-33-29-25-22-21-23-27-31-35-41(48)34-30-26-10-8-6-4-2/h11-12,14-15,17-18,20,22-27,30-31,35,41-43,48H,3-10,13,16,19,21,28-29,32-34,36-40,47H2,1-2H3,(H,51,52)(H,53,54)/b12-11-,15-14-,18-17-,24-20-,25-22-,27-23-,30-26-,35-31+/t41-,42+,43-/m0/s1. The van der Waals surface area contributed by atoms with Crippen molar-refractivity contribution in [3.05, 3.63) is 97.2 Å². The van der Waals surface area contributed by atoms with Crippen molar-refractivity contribution in [2.75, 3.05) is 19.8 Å². The molecule has 0 aliphatic heterocycles. The fourth-order valence-corrected chi connectivity index (χ4v) is 5.73. The third-order valence-corrected chi connectivity index (χ3v) is 9.34. The Morgan fingerprint density at radius 3 is 1.63 bits per heavy atom. The lowest BCUT2D eigenvalue weighted by atomic mass is 10.1. The van der Waals surface area contributed by atoms with Crippen molar-refractivity contribution >= 4 is 25.7 Å². The lowest BCUT2D eigenvalue weighted by Gasteiger charge is -2.20. The summed E-state index contributed by atoms with van der Waals surface area (Å²) in [6.07, 6.45) is 46.6. The Kier molecular flexibility index (Phi) is 37.3. The number of unbranched alkanes of at least 4 members (excludes halogenated alkanes) is 8. The quantitative estimate of drug-likeness (QED) is 0.0151. The lowest BCUT2D eigenvalue weighted by Crippen LogP contribution is -2.34. The molecule has 0 aliphatic carbocycles. The highest BCUT2D eigenvalue weighted by atomic mass is 31.2. The van der Waals surface area contributed by atoms with Gasteiger partial charge in [0.1, 0.15) is 12.6 Å². The highest BCUT2D eigenvalue weighted by Gasteiger charge is 2.28. The molecule has 12 nitrogen and oxygen atoms in total. The van der Waals surface area contributed by atoms with Gasteiger partial charge in [0.05, 0.1) is 19.3 Å². The van der Waals surface area contributed by atoms with Crippen LogP contribution >= 0.6 is 7.82 Å². The average molecular weight is 848 g/mol. The molecule has 1 unspecified atom stereocenters. The number of hydrogen-bond acceptors (Lipinski definition) is 10. The van der Waals surface area contributed by atoms with Crippen LogP contribution in [0.3, 0.4) is 0 Å². The second-order valence-electron chi connectivity index (χ2n) is 14.0. The van der Waals surface area contributed by atoms with Crippen LogP contribution in [-0.4, -0.2) is 71.1 Å². The predicted octanol–water partition coefficient (Wildman–Crippen LogP) is 10.2. The van der Waals surface area contributed by atoms with Crippen molar-refractivity contribution in [3.8, 4) is 0 Å². The van der Waals surface area contributed by atoms with Crippen LogP contribution in [0.1, 0.15) is 136 Å². The molecule has 0 heterocycles. The highest BCUT2D eigenvalue weighted by molar-refractivity contribution is 7.47. The number of allylic oxidation sites excluding steroid dienone is 14. The molecule has 0 aromatic carbocycles. The molecule has 5 N–H and O–H groups in total. The van der Waals surface area contributed by atoms with E-state index in [4.69, 9.17) is 24.8 Å². The minimum Gasteiger partial charge on any atom is -0.480 e. The highest BCUT2D eigenvalue weighted by Crippen LogP contribution is 2.43. The molecule has 0 saturated heterocycles. The van der Waals surface area contributed by atoms with Crippen LogP contribution in [0, 0.1) is 0 Å². The number of esters is 2. The number of ether oxygens (including phenoxy) is 2. The van der Waals surface area contributed by atoms with Gasteiger partial charge in [0.2, 0.25) is 0 Å². The number of carbonyl (C=O) groups is 3. The number of rotatable bonds is 38. The molecule has 0 saturated carbocycles. The van der Waals surface area contributed by atoms with Crippen LogP contribution in [0.25, 0.3) is 0 Å². The van der Waals surface area contributed by atoms with Crippen LogP contribution < -0.4 is 5.73 Å². The predicted molar refractivity (Wildman–Crippen MR) is 236 cm³/mol. The van der Waals surface area contributed by atoms with Gasteiger partial charge in [0.15, 0.2) is 6.10 Å². The van der Waals surface area contributed by atoms with E-state index in [0.717, 1.165) is 32.1 Å². The zero-order chi connectivity index (χ0) is 43.7. The Hall–Kier alpha value is -3.64. The van der Waals surface area contributed by atoms with Gasteiger partial charge in [-0.05, 0) is 83.5 Å². The number of carbonyl (C=O) groups excluding carboxylic acids is 2. The van der Waals surface area contributed by atoms with E-state index in [1.54, 1.807) is 6.08 Å². The van der Waals surface area contributed by atoms with Crippen molar-refractivity contribution in [2.45, 2.75) is 154 Å². The van der Waals surface area contributed by atoms with E-state index >= 15 is 0 Å². The zero-order valence-corrected chi connectivity index (χ0v) is 36.6. The van der Waals surface area contributed by atoms with Crippen molar-refractivity contribution in [3.63, 3.8) is 0 Å². The van der Waals surface area contributed by atoms with Crippen molar-refractivity contribution in [1.29, 1.82) is 0 Å². The van der Waals surface area contributed by atoms with Crippen molar-refractivity contribution < 1.29 is 52.6 Å². The minimum absolute atomic E-state index is 0.0358. The number of nitrogens with two attached hydrogens (primary N) is 1. The van der Waals surface area contributed by atoms with Crippen LogP contribution in [0.15, 0.2) is 97.2 Å². The monoisotopic (exact) mass is 847 g/mol. The third-order valence-electron chi connectivity index (χ3n) is 8.39. The van der Waals surface area contributed by atoms with E-state index in [1.165, 1.54) is 38.5 Å². The van der Waals surface area contributed by atoms with E-state index in [2.05, 4.69) is 60.9 Å². The van der Waals surface area contributed by atoms with Gasteiger partial charge in [0, 0.05) is 12.8 Å². The Bertz CT molecular complexity index is 1380. The van der Waals surface area contributed by atoms with Gasteiger partial charge >= 0.3 is 25.7 Å². The Balaban J connectivity index is 4.65. The molecule has 0 aliphatic rings. The summed E-state index contributed by atoms with van der Waals surface area (Å²) >= 11 is 0. The van der Waals surface area contributed by atoms with Crippen LogP contribution in [0.5, 0.6) is 0 Å². The van der Waals surface area contributed by atoms with Gasteiger partial charge in [-0.1, -0.05) is 137 Å². The Morgan fingerprint density at radius 2 is 1.08 bits per heavy atom. The Labute approximate surface area is 354 Å². The van der Waals surface area contributed by atoms with Gasteiger partial charge in [-0.15, -0.1) is 0 Å². The van der Waals surface area contributed by atoms with Crippen LogP contribution in [0.4, 0.5) is 0 Å². The van der Waals surface area contributed by atoms with E-state index in [0.29, 0.717) is 38.5 Å². The molecule has 0 fully saturated rings. The molecule has 13 heteroatoms. The molecule has 0 amide bonds. The van der Waals surface area contributed by atoms with Crippen LogP contribution in [-0.2, 0) is 37.5 Å². The molecular formula is C46H74NO11P. The smallest absolute Gasteiger partial charge is 0.472 e. The van der Waals surface area contributed by atoms with E-state index in [1.807, 2.05) is 48.6 Å². The molecule has 59 heavy (non-hydrogen) atoms. The minimum atomic E-state index is -4.76. The summed E-state index contributed by atoms with van der Waals surface area (Å²) < 4.78 is 32.5. The first-order valence-electron chi connectivity index (χ1n) is 21.4. The van der Waals surface area contributed by atoms with Gasteiger partial charge in [0.25, 0.3) is 0 Å². The second kappa shape index (κ2) is 39.8. The number of carboxylic acid groups (broad SMARTS) is 1. The second-order valence-corrected chi connectivity index (χ2v) is 15.4. The number of phosphoric acid groups is 1. The molecule has 0 radical (unpaired) electrons. The van der Waals surface area contributed by atoms with Crippen LogP contribution in [0.2, 0.25) is 0 Å². The third kappa shape index (κ3) is 39.6. The normalized spacial score (nSPS) is 15.2. The summed E-state index contributed by atoms with van der Waals surface area (Å²) in [5.74, 6) is -2.59. The van der Waals surface area contributed by atoms with Gasteiger partial charge in [-0.3, -0.25) is 23.4 Å². The van der Waals surface area contributed by atoms with E-state index in [-0.39, 0.29) is 12.8 Å². The summed E-state index contributed by atoms with van der Waals surface area (Å²) in [6, 6.07) is -1.55. The van der Waals surface area contributed by atoms with Crippen molar-refractivity contribution in [1.82, 2.24) is 0 Å². The maximum Gasteiger partial charge on any atom is 0.472 e. The summed E-state index contributed by atoms with van der Waals surface area (Å²) in [5.41, 5.74) is 5.32. The lowest BCUT2D eigenvalue weighted by molar-refractivity contribution is -0.161. The first kappa shape index (κ1) is 55.4. The molecule has 334 valence electrons. The number of aliphatic hydroxyl groups is 1. The summed E-state index contributed by atoms with van der Waals surface area (Å²) in [4.78, 5) is 45.9. The molecule has 0 rings (SSSR count). The number of hydrogen-bond donors (Lipinski definition) is 4. The van der Waals surface area contributed by atoms with Crippen molar-refractivity contribution in [2.24, 2.45) is 5.73 Å². The van der Waals surface area contributed by atoms with Gasteiger partial charge in [-0.2, -0.15) is 0 Å². The molecule has 4 atom stereocenters. The maximum atomic E-state index is 12.6. The van der Waals surface area contributed by atoms with E-state index in [9.17, 15) is 28.9 Å². The fourth-order valence-electron chi connectivity index (χ4n) is 4.96. The molecule has 0 aromatic heterocycles. The summed E-state index contributed by atoms with van der Waals surface area (Å²) in [6.45, 7) is 2.52. The summed E-state index contributed by atoms with van der Waals surface area (Å²) in [5, 5.41) is 18.9. The molecule has 0 bridgehead atoms. The number of phosphoric ester groups is 1. The number of aliphatic hydroxyl groups excluding tert-OH is 1. The topological polar surface area (TPSA) is 192 Å². The van der Waals surface area contributed by atoms with E-state index < -0.39 is 63.8 Å². The summed E-state index contributed by atoms with van der Waals surface area (Å²) in [7, 11) is -4.76. The zero-order valence-electron chi connectivity index (χ0n) is 35.7. The molecule has 0 aromatic rings. The molecular weight excluding hydrogens is 773 g/mol. The maximum absolute atomic E-state index is 12.6. The average Bonchev–Trinajstić information content (AvgIpc) is 3.21. The Morgan fingerprint density at radius 1 is 0.610 bits per heavy atom. The van der Waals surface area contributed by atoms with Gasteiger partial charge in [-0.25, -0.2) is 4.57 Å². The fraction of sp³-hybridized carbons (Fsp3) is 0.587. The first-order chi connectivity index (χ1) is 28.5. The SMILES string of the molecule is CCCCC/C=C\C/C=C\C/C=C\C/C=C\CCCC(=O)OC[C@H](COP(=O)(O)OC[C@H](N)C(=O)O)OC(=O)CCC/C=C\C/C=C\C=C\[C@@H](O)C/C=C\CCCCC. The molecule has 0 spiro atoms. The first-order valence-corrected chi connectivity index (χ1v) is 22.9. The largest absolute Gasteiger partial charge is 0.480 e. The number of aliphatic carboxylic acids is 1.